The lowest BCUT2D eigenvalue weighted by Crippen LogP contribution is -2.62. The maximum atomic E-state index is 15.3. The molecule has 35 heteroatoms. The summed E-state index contributed by atoms with van der Waals surface area (Å²) in [5, 5.41) is 76.9. The number of aliphatic carboxylic acids is 2. The van der Waals surface area contributed by atoms with Crippen molar-refractivity contribution >= 4 is 116 Å². The van der Waals surface area contributed by atoms with Crippen molar-refractivity contribution in [2.75, 3.05) is 19.6 Å². The molecule has 0 saturated carbocycles. The lowest BCUT2D eigenvalue weighted by molar-refractivity contribution is -0.142. The first-order valence-corrected chi connectivity index (χ1v) is 35.7. The zero-order valence-electron chi connectivity index (χ0n) is 61.0. The van der Waals surface area contributed by atoms with Gasteiger partial charge >= 0.3 is 11.9 Å². The summed E-state index contributed by atoms with van der Waals surface area (Å²) < 4.78 is 0. The van der Waals surface area contributed by atoms with E-state index in [-0.39, 0.29) is 114 Å². The number of carbonyl (C=O) groups is 11. The SMILES string of the molecule is CC[C@H](C)[C@H](NC(=O)[C@H](Cc1c[nH]c2ccccc12)NC(=O)[C@@H](NC(=O)[C@H](CC(C)C)NC(=O)[C@H](Cc1c[nH]c2ccccc12)NC(=O)[C@@H](N)CC(=O)O)C(C)C)C(=O)N[C@@H](Cc1c[nH]c2ccccc12)C(=O)N[C@@H](CCCNC(=N)N)C(=O)N[C@@H](CCCNC(=N)N)C(=O)N[C@@H](CCCNC(=N)N)C(=O)O. The van der Waals surface area contributed by atoms with Crippen LogP contribution < -0.4 is 86.7 Å². The Morgan fingerprint density at radius 3 is 1.10 bits per heavy atom. The van der Waals surface area contributed by atoms with E-state index in [2.05, 4.69) is 78.8 Å². The predicted octanol–water partition coefficient (Wildman–Crippen LogP) is -0.0538. The molecule has 0 radical (unpaired) electrons. The number of carbonyl (C=O) groups excluding carboxylic acids is 9. The van der Waals surface area contributed by atoms with Crippen molar-refractivity contribution in [3.63, 3.8) is 0 Å². The fraction of sp³-hybridized carbons (Fsp3) is 0.472. The Kier molecular flexibility index (Phi) is 32.3. The number of hydrogen-bond donors (Lipinski definition) is 24. The van der Waals surface area contributed by atoms with Gasteiger partial charge in [0, 0.05) is 90.2 Å². The van der Waals surface area contributed by atoms with Crippen LogP contribution in [-0.2, 0) is 72.0 Å². The molecule has 3 aromatic carbocycles. The number of guanidine groups is 3. The van der Waals surface area contributed by atoms with E-state index in [0.717, 1.165) is 10.9 Å². The first kappa shape index (κ1) is 84.2. The molecule has 0 unspecified atom stereocenters. The quantitative estimate of drug-likeness (QED) is 0.0135. The number of rotatable bonds is 44. The number of amides is 9. The molecule has 0 bridgehead atoms. The molecule has 9 amide bonds. The van der Waals surface area contributed by atoms with Gasteiger partial charge in [-0.05, 0) is 97.6 Å². The second-order valence-electron chi connectivity index (χ2n) is 27.3. The van der Waals surface area contributed by atoms with Crippen molar-refractivity contribution in [2.24, 2.45) is 40.7 Å². The van der Waals surface area contributed by atoms with Gasteiger partial charge in [-0.2, -0.15) is 0 Å². The molecule has 0 saturated heterocycles. The van der Waals surface area contributed by atoms with Crippen molar-refractivity contribution in [1.82, 2.24) is 78.8 Å². The summed E-state index contributed by atoms with van der Waals surface area (Å²) >= 11 is 0. The zero-order valence-corrected chi connectivity index (χ0v) is 61.0. The summed E-state index contributed by atoms with van der Waals surface area (Å²) in [6.45, 7) is 10.6. The van der Waals surface area contributed by atoms with Crippen LogP contribution in [0.15, 0.2) is 91.4 Å². The van der Waals surface area contributed by atoms with Gasteiger partial charge in [-0.25, -0.2) is 4.79 Å². The topological polar surface area (TPSA) is 596 Å². The third-order valence-electron chi connectivity index (χ3n) is 18.1. The summed E-state index contributed by atoms with van der Waals surface area (Å²) in [6, 6.07) is 7.22. The van der Waals surface area contributed by atoms with Crippen molar-refractivity contribution in [2.45, 2.75) is 179 Å². The largest absolute Gasteiger partial charge is 0.481 e. The fourth-order valence-corrected chi connectivity index (χ4v) is 12.2. The molecule has 0 aliphatic heterocycles. The molecule has 3 heterocycles. The van der Waals surface area contributed by atoms with Crippen LogP contribution in [0.2, 0.25) is 0 Å². The number of hydrogen-bond acceptors (Lipinski definition) is 15. The minimum absolute atomic E-state index is 0.0355. The van der Waals surface area contributed by atoms with E-state index in [1.807, 2.05) is 30.3 Å². The highest BCUT2D eigenvalue weighted by Crippen LogP contribution is 2.24. The monoisotopic (exact) mass is 1480 g/mol. The maximum absolute atomic E-state index is 15.3. The van der Waals surface area contributed by atoms with Crippen molar-refractivity contribution < 1.29 is 63.0 Å². The van der Waals surface area contributed by atoms with Crippen LogP contribution >= 0.6 is 0 Å². The van der Waals surface area contributed by atoms with Gasteiger partial charge in [-0.3, -0.25) is 64.2 Å². The second kappa shape index (κ2) is 41.1. The molecule has 0 aliphatic rings. The minimum Gasteiger partial charge on any atom is -0.481 e. The van der Waals surface area contributed by atoms with Gasteiger partial charge in [-0.15, -0.1) is 0 Å². The van der Waals surface area contributed by atoms with E-state index in [1.165, 1.54) is 0 Å². The highest BCUT2D eigenvalue weighted by Gasteiger charge is 2.39. The molecule has 0 spiro atoms. The number of carboxylic acid groups (broad SMARTS) is 2. The van der Waals surface area contributed by atoms with Gasteiger partial charge in [0.2, 0.25) is 53.2 Å². The average molecular weight is 1490 g/mol. The number of nitrogens with one attached hydrogen (secondary N) is 18. The Morgan fingerprint density at radius 1 is 0.421 bits per heavy atom. The van der Waals surface area contributed by atoms with Crippen LogP contribution in [0.3, 0.4) is 0 Å². The fourth-order valence-electron chi connectivity index (χ4n) is 12.2. The third-order valence-corrected chi connectivity index (χ3v) is 18.1. The molecule has 28 N–H and O–H groups in total. The van der Waals surface area contributed by atoms with Crippen molar-refractivity contribution in [3.05, 3.63) is 108 Å². The molecule has 0 aliphatic carbocycles. The summed E-state index contributed by atoms with van der Waals surface area (Å²) in [7, 11) is 0. The maximum Gasteiger partial charge on any atom is 0.326 e. The Hall–Kier alpha value is -11.8. The van der Waals surface area contributed by atoms with Gasteiger partial charge in [0.25, 0.3) is 0 Å². The third kappa shape index (κ3) is 26.1. The van der Waals surface area contributed by atoms with Crippen molar-refractivity contribution in [1.29, 1.82) is 16.2 Å². The number of nitrogens with two attached hydrogens (primary N) is 4. The van der Waals surface area contributed by atoms with Crippen LogP contribution in [0.5, 0.6) is 0 Å². The standard InChI is InChI=1S/C72H104N22O13/c1-7-39(6)59(68(105)92-55(31-41-35-84-48-21-12-9-18-44(41)48)63(100)87-50(23-14-26-80-70(74)75)61(98)86-51(24-15-27-81-71(76)77)62(99)88-52(69(106)107)25-16-28-82-72(78)79)94-66(103)56(32-42-36-85-49-22-13-10-19-45(42)49)91-67(104)58(38(4)5)93-65(102)53(29-37(2)3)90-64(101)54(89-60(97)46(73)33-57(95)96)30-40-34-83-47-20-11-8-17-43(40)47/h8-13,17-22,34-39,46,50-56,58-59,83-85H,7,14-16,23-33,73H2,1-6H3,(H,86,98)(H,87,100)(H,88,99)(H,89,97)(H,90,101)(H,91,104)(H,92,105)(H,93,102)(H,94,103)(H,95,96)(H,106,107)(H4,74,75,80)(H4,76,77,81)(H4,78,79,82)/t39-,46-,50-,51-,52-,53-,54-,55-,56-,58-,59-/m0/s1. The average Bonchev–Trinajstić information content (AvgIpc) is 1.72. The number of fused-ring (bicyclic) bond motifs is 3. The van der Waals surface area contributed by atoms with Crippen molar-refractivity contribution in [3.8, 4) is 0 Å². The predicted molar refractivity (Wildman–Crippen MR) is 402 cm³/mol. The number of benzene rings is 3. The molecule has 107 heavy (non-hydrogen) atoms. The number of aromatic nitrogens is 3. The number of aromatic amines is 3. The number of H-pyrrole nitrogens is 3. The van der Waals surface area contributed by atoms with E-state index >= 15 is 19.2 Å². The second-order valence-corrected chi connectivity index (χ2v) is 27.3. The van der Waals surface area contributed by atoms with Crippen LogP contribution in [0.25, 0.3) is 32.7 Å². The number of para-hydroxylation sites is 3. The van der Waals surface area contributed by atoms with Crippen LogP contribution in [-0.4, -0.2) is 188 Å². The molecule has 35 nitrogen and oxygen atoms in total. The molecular formula is C72H104N22O13. The molecule has 6 rings (SSSR count). The van der Waals surface area contributed by atoms with Gasteiger partial charge in [0.05, 0.1) is 12.5 Å². The molecule has 6 aromatic rings. The first-order valence-electron chi connectivity index (χ1n) is 35.7. The van der Waals surface area contributed by atoms with Crippen LogP contribution in [0.1, 0.15) is 116 Å². The van der Waals surface area contributed by atoms with E-state index in [1.54, 1.807) is 103 Å². The molecule has 11 atom stereocenters. The molecule has 0 fully saturated rings. The first-order chi connectivity index (χ1) is 50.8. The smallest absolute Gasteiger partial charge is 0.326 e. The Morgan fingerprint density at radius 2 is 0.738 bits per heavy atom. The van der Waals surface area contributed by atoms with Gasteiger partial charge in [-0.1, -0.05) is 103 Å². The molecule has 3 aromatic heterocycles. The van der Waals surface area contributed by atoms with E-state index < -0.39 is 144 Å². The highest BCUT2D eigenvalue weighted by atomic mass is 16.4. The summed E-state index contributed by atoms with van der Waals surface area (Å²) in [6.07, 6.45) is 4.09. The van der Waals surface area contributed by atoms with E-state index in [9.17, 15) is 43.8 Å². The van der Waals surface area contributed by atoms with Crippen LogP contribution in [0.4, 0.5) is 0 Å². The highest BCUT2D eigenvalue weighted by molar-refractivity contribution is 6.00. The Bertz CT molecular complexity index is 4110. The van der Waals surface area contributed by atoms with Crippen LogP contribution in [0, 0.1) is 34.0 Å². The summed E-state index contributed by atoms with van der Waals surface area (Å²) in [4.78, 5) is 166. The lowest BCUT2D eigenvalue weighted by atomic mass is 9.95. The zero-order chi connectivity index (χ0) is 78.6. The van der Waals surface area contributed by atoms with Gasteiger partial charge in [0.1, 0.15) is 54.4 Å². The Balaban J connectivity index is 1.30. The summed E-state index contributed by atoms with van der Waals surface area (Å²) in [5.41, 5.74) is 26.3. The Labute approximate surface area is 618 Å². The van der Waals surface area contributed by atoms with E-state index in [0.29, 0.717) is 38.5 Å². The minimum atomic E-state index is -1.53. The molecular weight excluding hydrogens is 1380 g/mol. The summed E-state index contributed by atoms with van der Waals surface area (Å²) in [5.74, 6) is -13.2. The van der Waals surface area contributed by atoms with Gasteiger partial charge < -0.3 is 112 Å². The lowest BCUT2D eigenvalue weighted by Gasteiger charge is -2.30. The number of carboxylic acids is 2. The normalized spacial score (nSPS) is 14.4. The van der Waals surface area contributed by atoms with E-state index in [4.69, 9.17) is 39.2 Å². The molecule has 580 valence electrons. The van der Waals surface area contributed by atoms with Gasteiger partial charge in [0.15, 0.2) is 17.9 Å².